The Balaban J connectivity index is 1.87. The molecule has 168 valence electrons. The molecule has 4 aromatic rings. The number of thiazole rings is 1. The summed E-state index contributed by atoms with van der Waals surface area (Å²) in [4.78, 5) is 34.6. The van der Waals surface area contributed by atoms with Gasteiger partial charge in [0.2, 0.25) is 0 Å². The summed E-state index contributed by atoms with van der Waals surface area (Å²) in [6.07, 6.45) is 1.61. The van der Waals surface area contributed by atoms with E-state index < -0.39 is 10.8 Å². The first-order chi connectivity index (χ1) is 15.9. The summed E-state index contributed by atoms with van der Waals surface area (Å²) < 4.78 is 11.6. The van der Waals surface area contributed by atoms with Crippen molar-refractivity contribution in [1.82, 2.24) is 9.97 Å². The van der Waals surface area contributed by atoms with Gasteiger partial charge in [-0.25, -0.2) is 4.98 Å². The Morgan fingerprint density at radius 3 is 2.58 bits per heavy atom. The van der Waals surface area contributed by atoms with Crippen molar-refractivity contribution in [3.63, 3.8) is 0 Å². The van der Waals surface area contributed by atoms with Crippen LogP contribution < -0.4 is 14.4 Å². The number of pyridine rings is 1. The van der Waals surface area contributed by atoms with E-state index in [4.69, 9.17) is 21.1 Å². The summed E-state index contributed by atoms with van der Waals surface area (Å²) in [5.74, 6) is 0.548. The van der Waals surface area contributed by atoms with Crippen LogP contribution in [0.1, 0.15) is 16.1 Å². The highest BCUT2D eigenvalue weighted by molar-refractivity contribution is 7.22. The summed E-state index contributed by atoms with van der Waals surface area (Å²) in [5, 5.41) is 11.7. The number of nitro benzene ring substituents is 1. The van der Waals surface area contributed by atoms with Crippen LogP contribution in [0.3, 0.4) is 0 Å². The molecule has 0 bridgehead atoms. The Labute approximate surface area is 197 Å². The van der Waals surface area contributed by atoms with Crippen LogP contribution in [0.5, 0.6) is 11.5 Å². The largest absolute Gasteiger partial charge is 0.495 e. The number of non-ortho nitro benzene ring substituents is 1. The van der Waals surface area contributed by atoms with Crippen molar-refractivity contribution in [3.8, 4) is 11.5 Å². The third-order valence-electron chi connectivity index (χ3n) is 4.81. The number of nitrogens with zero attached hydrogens (tertiary/aromatic N) is 4. The number of hydrogen-bond acceptors (Lipinski definition) is 8. The van der Waals surface area contributed by atoms with Gasteiger partial charge in [0.05, 0.1) is 42.0 Å². The smallest absolute Gasteiger partial charge is 0.270 e. The van der Waals surface area contributed by atoms with Crippen LogP contribution in [0.15, 0.2) is 54.7 Å². The number of methoxy groups -OCH3 is 2. The number of hydrogen-bond donors (Lipinski definition) is 0. The molecule has 33 heavy (non-hydrogen) atoms. The molecule has 0 spiro atoms. The molecule has 4 rings (SSSR count). The normalized spacial score (nSPS) is 10.8. The van der Waals surface area contributed by atoms with E-state index in [-0.39, 0.29) is 22.8 Å². The summed E-state index contributed by atoms with van der Waals surface area (Å²) in [6.45, 7) is 0.0726. The fraction of sp³-hybridized carbons (Fsp3) is 0.136. The average Bonchev–Trinajstić information content (AvgIpc) is 3.27. The maximum atomic E-state index is 13.6. The zero-order chi connectivity index (χ0) is 23.5. The predicted octanol–water partition coefficient (Wildman–Crippen LogP) is 5.12. The first-order valence-electron chi connectivity index (χ1n) is 9.60. The molecular weight excluding hydrogens is 468 g/mol. The van der Waals surface area contributed by atoms with E-state index in [0.717, 1.165) is 6.07 Å². The molecule has 0 saturated carbocycles. The molecule has 11 heteroatoms. The van der Waals surface area contributed by atoms with Crippen LogP contribution in [-0.2, 0) is 6.54 Å². The van der Waals surface area contributed by atoms with Crippen LogP contribution in [-0.4, -0.2) is 35.0 Å². The lowest BCUT2D eigenvalue weighted by Gasteiger charge is -2.20. The lowest BCUT2D eigenvalue weighted by Crippen LogP contribution is -2.31. The minimum absolute atomic E-state index is 0.0139. The first-order valence-corrected chi connectivity index (χ1v) is 10.8. The maximum Gasteiger partial charge on any atom is 0.270 e. The highest BCUT2D eigenvalue weighted by atomic mass is 35.5. The van der Waals surface area contributed by atoms with Crippen molar-refractivity contribution in [2.75, 3.05) is 19.1 Å². The monoisotopic (exact) mass is 484 g/mol. The van der Waals surface area contributed by atoms with Gasteiger partial charge in [-0.05, 0) is 30.3 Å². The Bertz CT molecular complexity index is 1300. The maximum absolute atomic E-state index is 13.6. The molecule has 9 nitrogen and oxygen atoms in total. The number of benzene rings is 2. The van der Waals surface area contributed by atoms with Crippen molar-refractivity contribution in [1.29, 1.82) is 0 Å². The molecule has 2 heterocycles. The zero-order valence-electron chi connectivity index (χ0n) is 17.5. The number of carbonyl (C=O) groups is 1. The third-order valence-corrected chi connectivity index (χ3v) is 6.23. The van der Waals surface area contributed by atoms with E-state index in [1.165, 1.54) is 35.5 Å². The van der Waals surface area contributed by atoms with Crippen molar-refractivity contribution in [2.45, 2.75) is 6.54 Å². The minimum atomic E-state index is -0.580. The van der Waals surface area contributed by atoms with E-state index in [0.29, 0.717) is 32.5 Å². The molecule has 0 fully saturated rings. The molecule has 0 saturated heterocycles. The number of aromatic nitrogens is 2. The fourth-order valence-corrected chi connectivity index (χ4v) is 4.48. The molecule has 2 aromatic carbocycles. The van der Waals surface area contributed by atoms with Crippen LogP contribution in [0.2, 0.25) is 5.02 Å². The number of ether oxygens (including phenoxy) is 2. The topological polar surface area (TPSA) is 108 Å². The van der Waals surface area contributed by atoms with Gasteiger partial charge in [-0.15, -0.1) is 0 Å². The SMILES string of the molecule is COc1ccc(OC)c2sc(N(Cc3ccccn3)C(=O)c3cc([N+](=O)[O-])ccc3Cl)nc12. The summed E-state index contributed by atoms with van der Waals surface area (Å²) in [7, 11) is 3.07. The summed E-state index contributed by atoms with van der Waals surface area (Å²) in [6, 6.07) is 12.6. The van der Waals surface area contributed by atoms with E-state index in [1.54, 1.807) is 43.6 Å². The molecule has 0 N–H and O–H groups in total. The lowest BCUT2D eigenvalue weighted by atomic mass is 10.1. The minimum Gasteiger partial charge on any atom is -0.495 e. The van der Waals surface area contributed by atoms with E-state index >= 15 is 0 Å². The van der Waals surface area contributed by atoms with Crippen LogP contribution in [0.25, 0.3) is 10.2 Å². The molecule has 1 amide bonds. The molecule has 2 aromatic heterocycles. The predicted molar refractivity (Wildman–Crippen MR) is 126 cm³/mol. The number of fused-ring (bicyclic) bond motifs is 1. The van der Waals surface area contributed by atoms with Gasteiger partial charge in [-0.3, -0.25) is 24.8 Å². The fourth-order valence-electron chi connectivity index (χ4n) is 3.21. The second kappa shape index (κ2) is 9.39. The zero-order valence-corrected chi connectivity index (χ0v) is 19.1. The number of rotatable bonds is 7. The van der Waals surface area contributed by atoms with E-state index in [1.807, 2.05) is 0 Å². The average molecular weight is 485 g/mol. The molecule has 0 aliphatic heterocycles. The summed E-state index contributed by atoms with van der Waals surface area (Å²) >= 11 is 7.49. The molecule has 0 radical (unpaired) electrons. The van der Waals surface area contributed by atoms with Gasteiger partial charge in [0.15, 0.2) is 5.13 Å². The Morgan fingerprint density at radius 2 is 1.91 bits per heavy atom. The van der Waals surface area contributed by atoms with Gasteiger partial charge in [0.1, 0.15) is 21.7 Å². The Kier molecular flexibility index (Phi) is 6.38. The number of halogens is 1. The second-order valence-electron chi connectivity index (χ2n) is 6.78. The standard InChI is InChI=1S/C22H17ClN4O5S/c1-31-17-8-9-18(32-2)20-19(17)25-22(33-20)26(12-13-5-3-4-10-24-13)21(28)15-11-14(27(29)30)6-7-16(15)23/h3-11H,12H2,1-2H3. The van der Waals surface area contributed by atoms with Gasteiger partial charge in [-0.1, -0.05) is 29.0 Å². The first kappa shape index (κ1) is 22.4. The van der Waals surface area contributed by atoms with Crippen molar-refractivity contribution >= 4 is 49.9 Å². The van der Waals surface area contributed by atoms with Gasteiger partial charge in [0, 0.05) is 18.3 Å². The third kappa shape index (κ3) is 4.43. The quantitative estimate of drug-likeness (QED) is 0.264. The number of amides is 1. The van der Waals surface area contributed by atoms with Crippen molar-refractivity contribution in [3.05, 3.63) is 81.1 Å². The van der Waals surface area contributed by atoms with Crippen LogP contribution in [0.4, 0.5) is 10.8 Å². The molecule has 0 unspecified atom stereocenters. The second-order valence-corrected chi connectivity index (χ2v) is 8.16. The highest BCUT2D eigenvalue weighted by Gasteiger charge is 2.27. The van der Waals surface area contributed by atoms with Crippen LogP contribution >= 0.6 is 22.9 Å². The van der Waals surface area contributed by atoms with Crippen molar-refractivity contribution < 1.29 is 19.2 Å². The van der Waals surface area contributed by atoms with Gasteiger partial charge >= 0.3 is 0 Å². The van der Waals surface area contributed by atoms with Crippen LogP contribution in [0, 0.1) is 10.1 Å². The molecule has 0 atom stereocenters. The van der Waals surface area contributed by atoms with Gasteiger partial charge < -0.3 is 9.47 Å². The number of anilines is 1. The van der Waals surface area contributed by atoms with E-state index in [2.05, 4.69) is 9.97 Å². The highest BCUT2D eigenvalue weighted by Crippen LogP contribution is 2.41. The number of carbonyl (C=O) groups excluding carboxylic acids is 1. The van der Waals surface area contributed by atoms with Crippen molar-refractivity contribution in [2.24, 2.45) is 0 Å². The number of nitro groups is 1. The van der Waals surface area contributed by atoms with Gasteiger partial charge in [0.25, 0.3) is 11.6 Å². The van der Waals surface area contributed by atoms with Gasteiger partial charge in [-0.2, -0.15) is 0 Å². The van der Waals surface area contributed by atoms with E-state index in [9.17, 15) is 14.9 Å². The molecular formula is C22H17ClN4O5S. The Hall–Kier alpha value is -3.76. The molecule has 0 aliphatic rings. The summed E-state index contributed by atoms with van der Waals surface area (Å²) in [5.41, 5.74) is 0.875. The lowest BCUT2D eigenvalue weighted by molar-refractivity contribution is -0.384. The Morgan fingerprint density at radius 1 is 1.15 bits per heavy atom. The molecule has 0 aliphatic carbocycles.